The molecule has 4 heteroatoms. The van der Waals surface area contributed by atoms with Crippen molar-refractivity contribution in [2.75, 3.05) is 5.32 Å². The zero-order chi connectivity index (χ0) is 14.5. The average Bonchev–Trinajstić information content (AvgIpc) is 2.41. The van der Waals surface area contributed by atoms with E-state index in [2.05, 4.69) is 5.32 Å². The summed E-state index contributed by atoms with van der Waals surface area (Å²) in [5.41, 5.74) is 2.03. The molecule has 2 rings (SSSR count). The van der Waals surface area contributed by atoms with Crippen LogP contribution in [0.2, 0.25) is 10.0 Å². The molecule has 2 aromatic carbocycles. The summed E-state index contributed by atoms with van der Waals surface area (Å²) in [6.07, 6.45) is 0.142. The summed E-state index contributed by atoms with van der Waals surface area (Å²) in [5.74, 6) is 0.850. The van der Waals surface area contributed by atoms with Crippen molar-refractivity contribution in [1.82, 2.24) is 0 Å². The van der Waals surface area contributed by atoms with Gasteiger partial charge in [-0.15, -0.1) is 0 Å². The van der Waals surface area contributed by atoms with E-state index in [1.807, 2.05) is 50.2 Å². The summed E-state index contributed by atoms with van der Waals surface area (Å²) in [6, 6.07) is 13.5. The molecule has 2 aromatic rings. The van der Waals surface area contributed by atoms with Gasteiger partial charge >= 0.3 is 0 Å². The first kappa shape index (κ1) is 15.0. The molecule has 0 saturated carbocycles. The van der Waals surface area contributed by atoms with Crippen LogP contribution < -0.4 is 10.1 Å². The van der Waals surface area contributed by atoms with Crippen LogP contribution in [0.25, 0.3) is 0 Å². The minimum Gasteiger partial charge on any atom is -0.489 e. The Morgan fingerprint density at radius 1 is 1.05 bits per heavy atom. The molecule has 0 aromatic heterocycles. The van der Waals surface area contributed by atoms with Gasteiger partial charge in [-0.1, -0.05) is 41.4 Å². The molecule has 0 atom stereocenters. The summed E-state index contributed by atoms with van der Waals surface area (Å²) in [5, 5.41) is 4.49. The lowest BCUT2D eigenvalue weighted by atomic mass is 10.2. The zero-order valence-corrected chi connectivity index (χ0v) is 13.0. The van der Waals surface area contributed by atoms with Crippen molar-refractivity contribution in [2.45, 2.75) is 26.5 Å². The molecule has 20 heavy (non-hydrogen) atoms. The summed E-state index contributed by atoms with van der Waals surface area (Å²) in [7, 11) is 0. The third-order valence-electron chi connectivity index (χ3n) is 2.72. The highest BCUT2D eigenvalue weighted by Crippen LogP contribution is 2.27. The number of halogens is 2. The minimum absolute atomic E-state index is 0.142. The van der Waals surface area contributed by atoms with Crippen molar-refractivity contribution in [3.05, 3.63) is 58.1 Å². The molecule has 0 bridgehead atoms. The van der Waals surface area contributed by atoms with Crippen molar-refractivity contribution in [3.8, 4) is 5.75 Å². The van der Waals surface area contributed by atoms with Crippen LogP contribution in [0.3, 0.4) is 0 Å². The maximum atomic E-state index is 6.01. The lowest BCUT2D eigenvalue weighted by Gasteiger charge is -2.15. The molecule has 0 saturated heterocycles. The molecule has 0 radical (unpaired) electrons. The standard InChI is InChI=1S/C16H17Cl2NO/c1-11(2)20-16-6-4-3-5-15(16)19-10-12-7-8-13(17)14(18)9-12/h3-9,11,19H,10H2,1-2H3. The first-order valence-electron chi connectivity index (χ1n) is 6.49. The number of hydrogen-bond acceptors (Lipinski definition) is 2. The van der Waals surface area contributed by atoms with Crippen LogP contribution in [-0.2, 0) is 6.54 Å². The van der Waals surface area contributed by atoms with Crippen LogP contribution in [-0.4, -0.2) is 6.10 Å². The van der Waals surface area contributed by atoms with Gasteiger partial charge in [0.15, 0.2) is 0 Å². The first-order chi connectivity index (χ1) is 9.56. The normalized spacial score (nSPS) is 10.7. The number of benzene rings is 2. The van der Waals surface area contributed by atoms with E-state index in [-0.39, 0.29) is 6.10 Å². The van der Waals surface area contributed by atoms with E-state index in [4.69, 9.17) is 27.9 Å². The maximum Gasteiger partial charge on any atom is 0.142 e. The lowest BCUT2D eigenvalue weighted by Crippen LogP contribution is -2.08. The number of ether oxygens (including phenoxy) is 1. The van der Waals surface area contributed by atoms with E-state index in [1.54, 1.807) is 6.07 Å². The van der Waals surface area contributed by atoms with E-state index in [9.17, 15) is 0 Å². The van der Waals surface area contributed by atoms with Crippen LogP contribution in [0.1, 0.15) is 19.4 Å². The second-order valence-electron chi connectivity index (χ2n) is 4.76. The molecule has 0 fully saturated rings. The number of hydrogen-bond donors (Lipinski definition) is 1. The van der Waals surface area contributed by atoms with Crippen molar-refractivity contribution in [1.29, 1.82) is 0 Å². The molecule has 0 amide bonds. The van der Waals surface area contributed by atoms with Crippen LogP contribution in [0.4, 0.5) is 5.69 Å². The van der Waals surface area contributed by atoms with Gasteiger partial charge in [0.1, 0.15) is 5.75 Å². The number of rotatable bonds is 5. The predicted octanol–water partition coefficient (Wildman–Crippen LogP) is 5.39. The van der Waals surface area contributed by atoms with Gasteiger partial charge in [0, 0.05) is 6.54 Å². The summed E-state index contributed by atoms with van der Waals surface area (Å²) < 4.78 is 5.77. The van der Waals surface area contributed by atoms with E-state index in [0.717, 1.165) is 17.0 Å². The van der Waals surface area contributed by atoms with Gasteiger partial charge in [-0.05, 0) is 43.7 Å². The molecular formula is C16H17Cl2NO. The van der Waals surface area contributed by atoms with Crippen molar-refractivity contribution < 1.29 is 4.74 Å². The van der Waals surface area contributed by atoms with Crippen LogP contribution in [0.5, 0.6) is 5.75 Å². The number of para-hydroxylation sites is 2. The summed E-state index contributed by atoms with van der Waals surface area (Å²) in [4.78, 5) is 0. The fourth-order valence-electron chi connectivity index (χ4n) is 1.82. The van der Waals surface area contributed by atoms with Gasteiger partial charge in [0.25, 0.3) is 0 Å². The van der Waals surface area contributed by atoms with Gasteiger partial charge in [0.2, 0.25) is 0 Å². The first-order valence-corrected chi connectivity index (χ1v) is 7.25. The van der Waals surface area contributed by atoms with Gasteiger partial charge in [-0.3, -0.25) is 0 Å². The fraction of sp³-hybridized carbons (Fsp3) is 0.250. The van der Waals surface area contributed by atoms with Crippen molar-refractivity contribution >= 4 is 28.9 Å². The molecule has 2 nitrogen and oxygen atoms in total. The summed E-state index contributed by atoms with van der Waals surface area (Å²) >= 11 is 11.9. The Morgan fingerprint density at radius 3 is 2.50 bits per heavy atom. The number of nitrogens with one attached hydrogen (secondary N) is 1. The van der Waals surface area contributed by atoms with Crippen molar-refractivity contribution in [2.24, 2.45) is 0 Å². The monoisotopic (exact) mass is 309 g/mol. The maximum absolute atomic E-state index is 6.01. The lowest BCUT2D eigenvalue weighted by molar-refractivity contribution is 0.243. The Kier molecular flexibility index (Phi) is 5.16. The Balaban J connectivity index is 2.08. The zero-order valence-electron chi connectivity index (χ0n) is 11.5. The highest BCUT2D eigenvalue weighted by Gasteiger charge is 2.05. The third-order valence-corrected chi connectivity index (χ3v) is 3.46. The minimum atomic E-state index is 0.142. The van der Waals surface area contributed by atoms with Crippen LogP contribution >= 0.6 is 23.2 Å². The molecule has 0 unspecified atom stereocenters. The Morgan fingerprint density at radius 2 is 1.80 bits per heavy atom. The number of anilines is 1. The Hall–Kier alpha value is -1.38. The second kappa shape index (κ2) is 6.87. The molecule has 0 spiro atoms. The van der Waals surface area contributed by atoms with E-state index >= 15 is 0 Å². The molecule has 106 valence electrons. The predicted molar refractivity (Wildman–Crippen MR) is 86.0 cm³/mol. The SMILES string of the molecule is CC(C)Oc1ccccc1NCc1ccc(Cl)c(Cl)c1. The fourth-order valence-corrected chi connectivity index (χ4v) is 2.14. The van der Waals surface area contributed by atoms with Gasteiger partial charge in [-0.25, -0.2) is 0 Å². The Bertz CT molecular complexity index is 584. The second-order valence-corrected chi connectivity index (χ2v) is 5.58. The van der Waals surface area contributed by atoms with Gasteiger partial charge < -0.3 is 10.1 Å². The third kappa shape index (κ3) is 4.06. The average molecular weight is 310 g/mol. The molecule has 1 N–H and O–H groups in total. The van der Waals surface area contributed by atoms with E-state index in [0.29, 0.717) is 16.6 Å². The molecule has 0 aliphatic heterocycles. The smallest absolute Gasteiger partial charge is 0.142 e. The van der Waals surface area contributed by atoms with E-state index < -0.39 is 0 Å². The van der Waals surface area contributed by atoms with Crippen molar-refractivity contribution in [3.63, 3.8) is 0 Å². The summed E-state index contributed by atoms with van der Waals surface area (Å²) in [6.45, 7) is 4.68. The molecule has 0 aliphatic carbocycles. The largest absolute Gasteiger partial charge is 0.489 e. The van der Waals surface area contributed by atoms with Crippen LogP contribution in [0.15, 0.2) is 42.5 Å². The molecule has 0 heterocycles. The Labute approximate surface area is 129 Å². The highest BCUT2D eigenvalue weighted by atomic mass is 35.5. The van der Waals surface area contributed by atoms with Gasteiger partial charge in [-0.2, -0.15) is 0 Å². The quantitative estimate of drug-likeness (QED) is 0.799. The molecule has 0 aliphatic rings. The highest BCUT2D eigenvalue weighted by molar-refractivity contribution is 6.42. The topological polar surface area (TPSA) is 21.3 Å². The van der Waals surface area contributed by atoms with E-state index in [1.165, 1.54) is 0 Å². The molecular weight excluding hydrogens is 293 g/mol. The van der Waals surface area contributed by atoms with Crippen LogP contribution in [0, 0.1) is 0 Å². The van der Waals surface area contributed by atoms with Gasteiger partial charge in [0.05, 0.1) is 21.8 Å².